The highest BCUT2D eigenvalue weighted by atomic mass is 16.5. The van der Waals surface area contributed by atoms with Crippen LogP contribution in [0.15, 0.2) is 16.9 Å². The monoisotopic (exact) mass is 286 g/mol. The largest absolute Gasteiger partial charge is 0.383 e. The Kier molecular flexibility index (Phi) is 2.92. The van der Waals surface area contributed by atoms with Crippen LogP contribution in [-0.2, 0) is 4.74 Å². The van der Waals surface area contributed by atoms with Crippen molar-refractivity contribution in [1.29, 1.82) is 0 Å². The molecule has 2 aromatic rings. The fraction of sp³-hybridized carbons (Fsp3) is 0.533. The summed E-state index contributed by atoms with van der Waals surface area (Å²) in [6.45, 7) is 1.29. The second kappa shape index (κ2) is 4.80. The summed E-state index contributed by atoms with van der Waals surface area (Å²) < 4.78 is 7.19. The Hall–Kier alpha value is -1.95. The maximum Gasteiger partial charge on any atom is 0.351 e. The van der Waals surface area contributed by atoms with Crippen molar-refractivity contribution in [2.75, 3.05) is 18.9 Å². The van der Waals surface area contributed by atoms with E-state index in [1.54, 1.807) is 4.57 Å². The zero-order valence-electron chi connectivity index (χ0n) is 11.8. The second-order valence-corrected chi connectivity index (χ2v) is 5.90. The molecule has 0 bridgehead atoms. The van der Waals surface area contributed by atoms with Gasteiger partial charge in [-0.2, -0.15) is 4.98 Å². The molecule has 1 atom stereocenters. The van der Waals surface area contributed by atoms with Gasteiger partial charge in [0.05, 0.1) is 18.0 Å². The molecule has 2 aromatic heterocycles. The number of fused-ring (bicyclic) bond motifs is 1. The first-order valence-corrected chi connectivity index (χ1v) is 7.50. The molecule has 2 aliphatic rings. The number of nitrogens with two attached hydrogens (primary N) is 1. The van der Waals surface area contributed by atoms with E-state index in [4.69, 9.17) is 15.5 Å². The van der Waals surface area contributed by atoms with Gasteiger partial charge in [0, 0.05) is 18.2 Å². The Labute approximate surface area is 122 Å². The van der Waals surface area contributed by atoms with Crippen molar-refractivity contribution in [3.05, 3.63) is 28.3 Å². The van der Waals surface area contributed by atoms with Crippen LogP contribution in [0.2, 0.25) is 0 Å². The number of pyridine rings is 1. The van der Waals surface area contributed by atoms with Gasteiger partial charge in [0.1, 0.15) is 11.5 Å². The molecule has 3 heterocycles. The quantitative estimate of drug-likeness (QED) is 0.906. The molecular formula is C15H18N4O2. The van der Waals surface area contributed by atoms with Gasteiger partial charge in [-0.25, -0.2) is 9.78 Å². The Bertz CT molecular complexity index is 745. The Balaban J connectivity index is 1.93. The first kappa shape index (κ1) is 12.8. The lowest BCUT2D eigenvalue weighted by Gasteiger charge is -2.25. The van der Waals surface area contributed by atoms with E-state index in [2.05, 4.69) is 4.98 Å². The van der Waals surface area contributed by atoms with Gasteiger partial charge in [0.2, 0.25) is 0 Å². The molecule has 2 fully saturated rings. The summed E-state index contributed by atoms with van der Waals surface area (Å²) >= 11 is 0. The minimum atomic E-state index is -0.323. The van der Waals surface area contributed by atoms with E-state index in [-0.39, 0.29) is 17.5 Å². The van der Waals surface area contributed by atoms with Crippen molar-refractivity contribution in [3.63, 3.8) is 0 Å². The summed E-state index contributed by atoms with van der Waals surface area (Å²) in [4.78, 5) is 21.0. The van der Waals surface area contributed by atoms with Crippen LogP contribution in [0.1, 0.15) is 43.3 Å². The molecule has 0 spiro atoms. The van der Waals surface area contributed by atoms with Crippen LogP contribution < -0.4 is 11.4 Å². The van der Waals surface area contributed by atoms with Crippen LogP contribution in [-0.4, -0.2) is 27.7 Å². The van der Waals surface area contributed by atoms with Crippen LogP contribution >= 0.6 is 0 Å². The van der Waals surface area contributed by atoms with Crippen molar-refractivity contribution in [2.24, 2.45) is 0 Å². The first-order chi connectivity index (χ1) is 10.2. The van der Waals surface area contributed by atoms with Gasteiger partial charge in [0.15, 0.2) is 0 Å². The molecule has 0 aromatic carbocycles. The average Bonchev–Trinajstić information content (AvgIpc) is 3.32. The van der Waals surface area contributed by atoms with Gasteiger partial charge in [-0.1, -0.05) is 0 Å². The van der Waals surface area contributed by atoms with Gasteiger partial charge in [-0.05, 0) is 37.8 Å². The first-order valence-electron chi connectivity index (χ1n) is 7.50. The third-order valence-corrected chi connectivity index (χ3v) is 4.32. The van der Waals surface area contributed by atoms with Crippen LogP contribution in [0.25, 0.3) is 11.0 Å². The van der Waals surface area contributed by atoms with Crippen molar-refractivity contribution in [1.82, 2.24) is 14.5 Å². The van der Waals surface area contributed by atoms with E-state index in [0.717, 1.165) is 30.5 Å². The fourth-order valence-corrected chi connectivity index (χ4v) is 3.02. The lowest BCUT2D eigenvalue weighted by atomic mass is 10.1. The van der Waals surface area contributed by atoms with Crippen LogP contribution in [0.3, 0.4) is 0 Å². The van der Waals surface area contributed by atoms with E-state index >= 15 is 0 Å². The predicted molar refractivity (Wildman–Crippen MR) is 79.3 cm³/mol. The molecule has 6 heteroatoms. The number of ether oxygens (including phenoxy) is 1. The molecule has 2 N–H and O–H groups in total. The highest BCUT2D eigenvalue weighted by molar-refractivity contribution is 5.85. The highest BCUT2D eigenvalue weighted by Crippen LogP contribution is 2.39. The van der Waals surface area contributed by atoms with E-state index in [1.807, 2.05) is 12.1 Å². The van der Waals surface area contributed by atoms with Crippen LogP contribution in [0.5, 0.6) is 0 Å². The van der Waals surface area contributed by atoms with Crippen LogP contribution in [0.4, 0.5) is 5.82 Å². The fourth-order valence-electron chi connectivity index (χ4n) is 3.02. The lowest BCUT2D eigenvalue weighted by Crippen LogP contribution is -2.33. The lowest BCUT2D eigenvalue weighted by molar-refractivity contribution is 0.0589. The number of aromatic nitrogens is 3. The van der Waals surface area contributed by atoms with Crippen molar-refractivity contribution in [2.45, 2.75) is 37.6 Å². The van der Waals surface area contributed by atoms with Gasteiger partial charge >= 0.3 is 5.69 Å². The molecule has 1 aliphatic carbocycles. The van der Waals surface area contributed by atoms with Gasteiger partial charge in [-0.15, -0.1) is 0 Å². The van der Waals surface area contributed by atoms with Gasteiger partial charge in [-0.3, -0.25) is 4.57 Å². The van der Waals surface area contributed by atoms with E-state index < -0.39 is 0 Å². The number of hydrogen-bond acceptors (Lipinski definition) is 5. The number of nitrogen functional groups attached to an aromatic ring is 1. The molecule has 1 saturated heterocycles. The number of rotatable bonds is 2. The van der Waals surface area contributed by atoms with Crippen molar-refractivity contribution in [3.8, 4) is 0 Å². The van der Waals surface area contributed by atoms with E-state index in [9.17, 15) is 4.79 Å². The smallest absolute Gasteiger partial charge is 0.351 e. The summed E-state index contributed by atoms with van der Waals surface area (Å²) in [6, 6.07) is 3.95. The summed E-state index contributed by atoms with van der Waals surface area (Å²) in [5.41, 5.74) is 7.29. The van der Waals surface area contributed by atoms with Gasteiger partial charge < -0.3 is 10.5 Å². The molecule has 1 aliphatic heterocycles. The zero-order valence-corrected chi connectivity index (χ0v) is 11.8. The van der Waals surface area contributed by atoms with Crippen LogP contribution in [0, 0.1) is 0 Å². The predicted octanol–water partition coefficient (Wildman–Crippen LogP) is 1.60. The number of hydrogen-bond donors (Lipinski definition) is 1. The van der Waals surface area contributed by atoms with Crippen molar-refractivity contribution < 1.29 is 4.74 Å². The third-order valence-electron chi connectivity index (χ3n) is 4.32. The van der Waals surface area contributed by atoms with Gasteiger partial charge in [0.25, 0.3) is 0 Å². The standard InChI is InChI=1S/C15H18N4O2/c16-13-11-5-6-12(9-3-4-9)17-14(11)19(15(20)18-13)10-2-1-7-21-8-10/h5-6,9-10H,1-4,7-8H2,(H2,16,18,20)/t10-/m1/s1. The second-order valence-electron chi connectivity index (χ2n) is 5.90. The van der Waals surface area contributed by atoms with E-state index in [1.165, 1.54) is 12.8 Å². The SMILES string of the molecule is Nc1nc(=O)n([C@@H]2CCCOC2)c2nc(C3CC3)ccc12. The molecule has 1 saturated carbocycles. The molecule has 110 valence electrons. The normalized spacial score (nSPS) is 22.6. The number of anilines is 1. The molecule has 4 rings (SSSR count). The highest BCUT2D eigenvalue weighted by Gasteiger charge is 2.27. The summed E-state index contributed by atoms with van der Waals surface area (Å²) in [7, 11) is 0. The summed E-state index contributed by atoms with van der Waals surface area (Å²) in [6.07, 6.45) is 4.22. The maximum absolute atomic E-state index is 12.3. The maximum atomic E-state index is 12.3. The zero-order chi connectivity index (χ0) is 14.4. The topological polar surface area (TPSA) is 83.0 Å². The summed E-state index contributed by atoms with van der Waals surface area (Å²) in [5.74, 6) is 0.799. The molecule has 0 amide bonds. The third kappa shape index (κ3) is 2.19. The molecule has 0 radical (unpaired) electrons. The Morgan fingerprint density at radius 1 is 1.24 bits per heavy atom. The molecule has 0 unspecified atom stereocenters. The van der Waals surface area contributed by atoms with Crippen molar-refractivity contribution >= 4 is 16.9 Å². The van der Waals surface area contributed by atoms with E-state index in [0.29, 0.717) is 18.2 Å². The minimum absolute atomic E-state index is 0.00352. The average molecular weight is 286 g/mol. The Morgan fingerprint density at radius 3 is 2.81 bits per heavy atom. The molecule has 6 nitrogen and oxygen atoms in total. The number of nitrogens with zero attached hydrogens (tertiary/aromatic N) is 3. The minimum Gasteiger partial charge on any atom is -0.383 e. The molecular weight excluding hydrogens is 268 g/mol. The Morgan fingerprint density at radius 2 is 2.10 bits per heavy atom. The summed E-state index contributed by atoms with van der Waals surface area (Å²) in [5, 5.41) is 0.754. The molecule has 21 heavy (non-hydrogen) atoms.